The molecule has 1 N–H and O–H groups in total. The van der Waals surface area contributed by atoms with E-state index >= 15 is 0 Å². The third-order valence-corrected chi connectivity index (χ3v) is 1.49. The Bertz CT molecular complexity index is 99.9. The summed E-state index contributed by atoms with van der Waals surface area (Å²) in [6, 6.07) is 0. The molecule has 0 aromatic heterocycles. The SMILES string of the molecule is CN1C=C(I)CN1. The quantitative estimate of drug-likeness (QED) is 0.592. The number of hydrazine groups is 1. The van der Waals surface area contributed by atoms with Gasteiger partial charge in [0.2, 0.25) is 0 Å². The number of halogens is 1. The minimum atomic E-state index is 0.997. The van der Waals surface area contributed by atoms with Crippen molar-refractivity contribution in [2.75, 3.05) is 13.6 Å². The normalized spacial score (nSPS) is 20.3. The molecule has 1 rings (SSSR count). The van der Waals surface area contributed by atoms with Crippen LogP contribution in [0.2, 0.25) is 0 Å². The minimum Gasteiger partial charge on any atom is -0.318 e. The Morgan fingerprint density at radius 1 is 2.00 bits per heavy atom. The van der Waals surface area contributed by atoms with Gasteiger partial charge in [0.1, 0.15) is 0 Å². The van der Waals surface area contributed by atoms with E-state index in [9.17, 15) is 0 Å². The van der Waals surface area contributed by atoms with Gasteiger partial charge >= 0.3 is 0 Å². The van der Waals surface area contributed by atoms with Crippen molar-refractivity contribution < 1.29 is 0 Å². The third-order valence-electron chi connectivity index (χ3n) is 0.831. The first kappa shape index (κ1) is 5.37. The first-order valence-corrected chi connectivity index (χ1v) is 3.19. The van der Waals surface area contributed by atoms with E-state index in [1.807, 2.05) is 12.1 Å². The maximum atomic E-state index is 3.10. The molecule has 0 radical (unpaired) electrons. The molecule has 0 fully saturated rings. The minimum absolute atomic E-state index is 0.997. The standard InChI is InChI=1S/C4H7IN2/c1-7-3-4(5)2-6-7/h3,6H,2H2,1H3. The first-order valence-electron chi connectivity index (χ1n) is 2.11. The highest BCUT2D eigenvalue weighted by Gasteiger charge is 2.01. The van der Waals surface area contributed by atoms with Crippen LogP contribution in [0.5, 0.6) is 0 Å². The fourth-order valence-electron chi connectivity index (χ4n) is 0.502. The Kier molecular flexibility index (Phi) is 1.53. The van der Waals surface area contributed by atoms with Gasteiger partial charge in [-0.25, -0.2) is 5.43 Å². The topological polar surface area (TPSA) is 15.3 Å². The van der Waals surface area contributed by atoms with Crippen molar-refractivity contribution in [2.24, 2.45) is 0 Å². The highest BCUT2D eigenvalue weighted by molar-refractivity contribution is 14.1. The second-order valence-electron chi connectivity index (χ2n) is 1.52. The van der Waals surface area contributed by atoms with Gasteiger partial charge in [0.05, 0.1) is 0 Å². The molecule has 0 aromatic carbocycles. The van der Waals surface area contributed by atoms with Crippen molar-refractivity contribution in [3.8, 4) is 0 Å². The Hall–Kier alpha value is 0.230. The number of rotatable bonds is 0. The maximum Gasteiger partial charge on any atom is 0.0473 e. The van der Waals surface area contributed by atoms with Crippen molar-refractivity contribution in [2.45, 2.75) is 0 Å². The molecule has 1 heterocycles. The van der Waals surface area contributed by atoms with E-state index in [0.717, 1.165) is 6.54 Å². The lowest BCUT2D eigenvalue weighted by Crippen LogP contribution is -2.23. The van der Waals surface area contributed by atoms with Crippen LogP contribution < -0.4 is 5.43 Å². The van der Waals surface area contributed by atoms with Crippen LogP contribution in [0.25, 0.3) is 0 Å². The number of hydrogen-bond donors (Lipinski definition) is 1. The van der Waals surface area contributed by atoms with Crippen LogP contribution in [0.3, 0.4) is 0 Å². The predicted molar refractivity (Wildman–Crippen MR) is 37.9 cm³/mol. The lowest BCUT2D eigenvalue weighted by atomic mass is 10.7. The summed E-state index contributed by atoms with van der Waals surface area (Å²) >= 11 is 2.30. The van der Waals surface area contributed by atoms with Crippen LogP contribution in [0.4, 0.5) is 0 Å². The molecule has 0 spiro atoms. The molecule has 1 aliphatic heterocycles. The monoisotopic (exact) mass is 210 g/mol. The summed E-state index contributed by atoms with van der Waals surface area (Å²) in [7, 11) is 1.99. The first-order chi connectivity index (χ1) is 3.29. The summed E-state index contributed by atoms with van der Waals surface area (Å²) in [5.74, 6) is 0. The maximum absolute atomic E-state index is 3.10. The molecule has 0 amide bonds. The predicted octanol–water partition coefficient (Wildman–Crippen LogP) is 0.713. The molecule has 0 saturated carbocycles. The zero-order chi connectivity index (χ0) is 5.28. The van der Waals surface area contributed by atoms with E-state index in [1.165, 1.54) is 3.58 Å². The summed E-state index contributed by atoms with van der Waals surface area (Å²) in [4.78, 5) is 0. The highest BCUT2D eigenvalue weighted by Crippen LogP contribution is 2.08. The average molecular weight is 210 g/mol. The molecule has 7 heavy (non-hydrogen) atoms. The summed E-state index contributed by atoms with van der Waals surface area (Å²) < 4.78 is 1.36. The Labute approximate surface area is 56.7 Å². The Morgan fingerprint density at radius 2 is 2.71 bits per heavy atom. The largest absolute Gasteiger partial charge is 0.318 e. The molecule has 0 atom stereocenters. The molecule has 0 saturated heterocycles. The summed E-state index contributed by atoms with van der Waals surface area (Å²) in [6.07, 6.45) is 2.07. The van der Waals surface area contributed by atoms with Gasteiger partial charge in [-0.2, -0.15) is 0 Å². The molecule has 0 aliphatic carbocycles. The van der Waals surface area contributed by atoms with Crippen LogP contribution in [-0.2, 0) is 0 Å². The zero-order valence-corrected chi connectivity index (χ0v) is 6.27. The van der Waals surface area contributed by atoms with Crippen molar-refractivity contribution in [1.82, 2.24) is 10.4 Å². The lowest BCUT2D eigenvalue weighted by Gasteiger charge is -2.04. The smallest absolute Gasteiger partial charge is 0.0473 e. The highest BCUT2D eigenvalue weighted by atomic mass is 127. The van der Waals surface area contributed by atoms with Crippen molar-refractivity contribution in [3.63, 3.8) is 0 Å². The zero-order valence-electron chi connectivity index (χ0n) is 4.11. The fourth-order valence-corrected chi connectivity index (χ4v) is 1.09. The second-order valence-corrected chi connectivity index (χ2v) is 2.91. The van der Waals surface area contributed by atoms with E-state index in [-0.39, 0.29) is 0 Å². The van der Waals surface area contributed by atoms with Crippen LogP contribution in [0.1, 0.15) is 0 Å². The molecular formula is C4H7IN2. The molecule has 0 bridgehead atoms. The molecule has 3 heteroatoms. The van der Waals surface area contributed by atoms with Crippen molar-refractivity contribution in [1.29, 1.82) is 0 Å². The van der Waals surface area contributed by atoms with Gasteiger partial charge in [-0.3, -0.25) is 0 Å². The number of nitrogens with zero attached hydrogens (tertiary/aromatic N) is 1. The van der Waals surface area contributed by atoms with E-state index in [1.54, 1.807) is 0 Å². The average Bonchev–Trinajstić information content (AvgIpc) is 1.87. The number of hydrogen-bond acceptors (Lipinski definition) is 2. The van der Waals surface area contributed by atoms with Crippen molar-refractivity contribution in [3.05, 3.63) is 9.78 Å². The molecule has 0 aromatic rings. The van der Waals surface area contributed by atoms with Gasteiger partial charge in [-0.1, -0.05) is 0 Å². The molecular weight excluding hydrogens is 203 g/mol. The molecule has 0 unspecified atom stereocenters. The lowest BCUT2D eigenvalue weighted by molar-refractivity contribution is 0.374. The second kappa shape index (κ2) is 2.00. The summed E-state index contributed by atoms with van der Waals surface area (Å²) in [5.41, 5.74) is 3.10. The van der Waals surface area contributed by atoms with Crippen LogP contribution >= 0.6 is 22.6 Å². The molecule has 40 valence electrons. The van der Waals surface area contributed by atoms with Crippen LogP contribution in [-0.4, -0.2) is 18.6 Å². The summed E-state index contributed by atoms with van der Waals surface area (Å²) in [6.45, 7) is 0.997. The van der Waals surface area contributed by atoms with Crippen LogP contribution in [0, 0.1) is 0 Å². The Balaban J connectivity index is 2.50. The van der Waals surface area contributed by atoms with Gasteiger partial charge in [0.15, 0.2) is 0 Å². The van der Waals surface area contributed by atoms with Crippen molar-refractivity contribution >= 4 is 22.6 Å². The van der Waals surface area contributed by atoms with Gasteiger partial charge in [-0.05, 0) is 22.6 Å². The van der Waals surface area contributed by atoms with Gasteiger partial charge in [-0.15, -0.1) is 0 Å². The van der Waals surface area contributed by atoms with Gasteiger partial charge < -0.3 is 5.01 Å². The molecule has 1 aliphatic rings. The summed E-state index contributed by atoms with van der Waals surface area (Å²) in [5, 5.41) is 1.96. The van der Waals surface area contributed by atoms with E-state index < -0.39 is 0 Å². The molecule has 2 nitrogen and oxygen atoms in total. The number of nitrogens with one attached hydrogen (secondary N) is 1. The van der Waals surface area contributed by atoms with E-state index in [0.29, 0.717) is 0 Å². The van der Waals surface area contributed by atoms with E-state index in [2.05, 4.69) is 34.2 Å². The van der Waals surface area contributed by atoms with Gasteiger partial charge in [0.25, 0.3) is 0 Å². The fraction of sp³-hybridized carbons (Fsp3) is 0.500. The van der Waals surface area contributed by atoms with Gasteiger partial charge in [0, 0.05) is 23.4 Å². The van der Waals surface area contributed by atoms with E-state index in [4.69, 9.17) is 0 Å². The Morgan fingerprint density at radius 3 is 2.86 bits per heavy atom. The van der Waals surface area contributed by atoms with Crippen LogP contribution in [0.15, 0.2) is 9.78 Å². The third kappa shape index (κ3) is 1.31.